The van der Waals surface area contributed by atoms with Gasteiger partial charge in [0.2, 0.25) is 0 Å². The number of rotatable bonds is 2. The topological polar surface area (TPSA) is 0 Å². The average molecular weight is 285 g/mol. The first-order valence-electron chi connectivity index (χ1n) is 4.61. The lowest BCUT2D eigenvalue weighted by Gasteiger charge is -2.09. The Balaban J connectivity index is 2.37. The largest absolute Gasteiger partial charge is 0.207 e. The monoisotopic (exact) mass is 284 g/mol. The molecule has 2 aromatic rings. The van der Waals surface area contributed by atoms with E-state index in [0.717, 1.165) is 11.1 Å². The molecule has 0 nitrogen and oxygen atoms in total. The van der Waals surface area contributed by atoms with Crippen LogP contribution in [0, 0.1) is 12.7 Å². The van der Waals surface area contributed by atoms with Crippen molar-refractivity contribution in [2.24, 2.45) is 0 Å². The SMILES string of the molecule is Cc1cc(F)cc(C(Br)c2cccs2)c1. The Labute approximate surface area is 101 Å². The predicted molar refractivity (Wildman–Crippen MR) is 66.2 cm³/mol. The van der Waals surface area contributed by atoms with Gasteiger partial charge in [-0.25, -0.2) is 4.39 Å². The molecule has 0 radical (unpaired) electrons. The lowest BCUT2D eigenvalue weighted by Crippen LogP contribution is -1.92. The van der Waals surface area contributed by atoms with Crippen LogP contribution in [0.15, 0.2) is 35.7 Å². The van der Waals surface area contributed by atoms with Crippen LogP contribution in [0.2, 0.25) is 0 Å². The molecule has 2 rings (SSSR count). The third-order valence-electron chi connectivity index (χ3n) is 2.15. The van der Waals surface area contributed by atoms with Gasteiger partial charge in [-0.1, -0.05) is 28.1 Å². The second kappa shape index (κ2) is 4.45. The molecule has 1 heterocycles. The van der Waals surface area contributed by atoms with Gasteiger partial charge in [-0.05, 0) is 41.6 Å². The molecule has 0 amide bonds. The maximum absolute atomic E-state index is 13.2. The average Bonchev–Trinajstić information content (AvgIpc) is 2.67. The van der Waals surface area contributed by atoms with E-state index in [1.165, 1.54) is 10.9 Å². The van der Waals surface area contributed by atoms with Crippen molar-refractivity contribution in [3.8, 4) is 0 Å². The Bertz CT molecular complexity index is 430. The molecule has 0 saturated carbocycles. The van der Waals surface area contributed by atoms with Crippen molar-refractivity contribution in [1.82, 2.24) is 0 Å². The van der Waals surface area contributed by atoms with Crippen molar-refractivity contribution in [2.45, 2.75) is 11.8 Å². The summed E-state index contributed by atoms with van der Waals surface area (Å²) in [5.74, 6) is -0.175. The number of thiophene rings is 1. The lowest BCUT2D eigenvalue weighted by molar-refractivity contribution is 0.624. The summed E-state index contributed by atoms with van der Waals surface area (Å²) in [6.45, 7) is 1.90. The molecule has 0 aliphatic heterocycles. The summed E-state index contributed by atoms with van der Waals surface area (Å²) in [6, 6.07) is 9.16. The highest BCUT2D eigenvalue weighted by Crippen LogP contribution is 2.34. The van der Waals surface area contributed by atoms with E-state index < -0.39 is 0 Å². The smallest absolute Gasteiger partial charge is 0.123 e. The molecular weight excluding hydrogens is 275 g/mol. The fourth-order valence-electron chi connectivity index (χ4n) is 1.51. The van der Waals surface area contributed by atoms with Crippen molar-refractivity contribution in [1.29, 1.82) is 0 Å². The van der Waals surface area contributed by atoms with Gasteiger partial charge in [-0.2, -0.15) is 0 Å². The Morgan fingerprint density at radius 1 is 1.33 bits per heavy atom. The van der Waals surface area contributed by atoms with Crippen LogP contribution < -0.4 is 0 Å². The molecule has 15 heavy (non-hydrogen) atoms. The van der Waals surface area contributed by atoms with Gasteiger partial charge in [-0.3, -0.25) is 0 Å². The molecule has 0 fully saturated rings. The number of aryl methyl sites for hydroxylation is 1. The lowest BCUT2D eigenvalue weighted by atomic mass is 10.1. The van der Waals surface area contributed by atoms with E-state index in [4.69, 9.17) is 0 Å². The molecule has 1 unspecified atom stereocenters. The summed E-state index contributed by atoms with van der Waals surface area (Å²) in [5, 5.41) is 2.02. The number of halogens is 2. The highest BCUT2D eigenvalue weighted by molar-refractivity contribution is 9.09. The van der Waals surface area contributed by atoms with E-state index in [1.54, 1.807) is 17.4 Å². The second-order valence-electron chi connectivity index (χ2n) is 3.44. The maximum atomic E-state index is 13.2. The van der Waals surface area contributed by atoms with Crippen molar-refractivity contribution >= 4 is 27.3 Å². The fourth-order valence-corrected chi connectivity index (χ4v) is 2.98. The van der Waals surface area contributed by atoms with Gasteiger partial charge in [0.15, 0.2) is 0 Å². The Morgan fingerprint density at radius 3 is 2.73 bits per heavy atom. The van der Waals surface area contributed by atoms with Crippen molar-refractivity contribution in [2.75, 3.05) is 0 Å². The predicted octanol–water partition coefficient (Wildman–Crippen LogP) is 4.68. The first kappa shape index (κ1) is 10.8. The third kappa shape index (κ3) is 2.47. The minimum absolute atomic E-state index is 0.0897. The third-order valence-corrected chi connectivity index (χ3v) is 4.41. The van der Waals surface area contributed by atoms with Gasteiger partial charge in [0.05, 0.1) is 4.83 Å². The first-order chi connectivity index (χ1) is 7.16. The molecule has 3 heteroatoms. The quantitative estimate of drug-likeness (QED) is 0.703. The van der Waals surface area contributed by atoms with Crippen molar-refractivity contribution < 1.29 is 4.39 Å². The molecule has 0 spiro atoms. The van der Waals surface area contributed by atoms with Gasteiger partial charge < -0.3 is 0 Å². The van der Waals surface area contributed by atoms with Gasteiger partial charge >= 0.3 is 0 Å². The molecule has 1 aromatic heterocycles. The van der Waals surface area contributed by atoms with E-state index in [0.29, 0.717) is 0 Å². The molecular formula is C12H10BrFS. The molecule has 1 aromatic carbocycles. The Hall–Kier alpha value is -0.670. The summed E-state index contributed by atoms with van der Waals surface area (Å²) in [6.07, 6.45) is 0. The zero-order valence-corrected chi connectivity index (χ0v) is 10.6. The van der Waals surface area contributed by atoms with Gasteiger partial charge in [0.25, 0.3) is 0 Å². The van der Waals surface area contributed by atoms with Crippen molar-refractivity contribution in [3.05, 3.63) is 57.5 Å². The zero-order valence-electron chi connectivity index (χ0n) is 8.21. The van der Waals surface area contributed by atoms with Crippen LogP contribution >= 0.6 is 27.3 Å². The van der Waals surface area contributed by atoms with Gasteiger partial charge in [0, 0.05) is 4.88 Å². The molecule has 78 valence electrons. The maximum Gasteiger partial charge on any atom is 0.123 e. The normalized spacial score (nSPS) is 12.7. The van der Waals surface area contributed by atoms with Crippen LogP contribution in [0.25, 0.3) is 0 Å². The molecule has 0 aliphatic rings. The van der Waals surface area contributed by atoms with E-state index >= 15 is 0 Å². The summed E-state index contributed by atoms with van der Waals surface area (Å²) < 4.78 is 13.2. The van der Waals surface area contributed by atoms with Crippen LogP contribution in [-0.2, 0) is 0 Å². The van der Waals surface area contributed by atoms with Crippen LogP contribution in [0.4, 0.5) is 4.39 Å². The van der Waals surface area contributed by atoms with Crippen LogP contribution in [0.3, 0.4) is 0 Å². The molecule has 1 atom stereocenters. The highest BCUT2D eigenvalue weighted by Gasteiger charge is 2.12. The van der Waals surface area contributed by atoms with Crippen molar-refractivity contribution in [3.63, 3.8) is 0 Å². The molecule has 0 bridgehead atoms. The fraction of sp³-hybridized carbons (Fsp3) is 0.167. The zero-order chi connectivity index (χ0) is 10.8. The van der Waals surface area contributed by atoms with E-state index in [1.807, 2.05) is 30.5 Å². The second-order valence-corrected chi connectivity index (χ2v) is 5.33. The summed E-state index contributed by atoms with van der Waals surface area (Å²) in [5.41, 5.74) is 1.92. The standard InChI is InChI=1S/C12H10BrFS/c1-8-5-9(7-10(14)6-8)12(13)11-3-2-4-15-11/h2-7,12H,1H3. The summed E-state index contributed by atoms with van der Waals surface area (Å²) >= 11 is 5.25. The van der Waals surface area contributed by atoms with Crippen LogP contribution in [0.1, 0.15) is 20.8 Å². The number of benzene rings is 1. The molecule has 0 saturated heterocycles. The number of alkyl halides is 1. The minimum Gasteiger partial charge on any atom is -0.207 e. The Morgan fingerprint density at radius 2 is 2.13 bits per heavy atom. The summed E-state index contributed by atoms with van der Waals surface area (Å²) in [7, 11) is 0. The minimum atomic E-state index is -0.175. The van der Waals surface area contributed by atoms with E-state index in [2.05, 4.69) is 15.9 Å². The van der Waals surface area contributed by atoms with Crippen LogP contribution in [-0.4, -0.2) is 0 Å². The van der Waals surface area contributed by atoms with E-state index in [-0.39, 0.29) is 10.6 Å². The van der Waals surface area contributed by atoms with E-state index in [9.17, 15) is 4.39 Å². The highest BCUT2D eigenvalue weighted by atomic mass is 79.9. The van der Waals surface area contributed by atoms with Crippen LogP contribution in [0.5, 0.6) is 0 Å². The number of hydrogen-bond donors (Lipinski definition) is 0. The van der Waals surface area contributed by atoms with Gasteiger partial charge in [-0.15, -0.1) is 11.3 Å². The molecule has 0 N–H and O–H groups in total. The van der Waals surface area contributed by atoms with Gasteiger partial charge in [0.1, 0.15) is 5.82 Å². The first-order valence-corrected chi connectivity index (χ1v) is 6.41. The summed E-state index contributed by atoms with van der Waals surface area (Å²) in [4.78, 5) is 1.28. The molecule has 0 aliphatic carbocycles. The number of hydrogen-bond acceptors (Lipinski definition) is 1. The Kier molecular flexibility index (Phi) is 3.22.